The summed E-state index contributed by atoms with van der Waals surface area (Å²) >= 11 is 0. The van der Waals surface area contributed by atoms with Crippen LogP contribution in [-0.2, 0) is 6.54 Å². The Kier molecular flexibility index (Phi) is 3.87. The fourth-order valence-corrected chi connectivity index (χ4v) is 1.53. The third kappa shape index (κ3) is 3.15. The first-order chi connectivity index (χ1) is 9.20. The molecule has 0 amide bonds. The van der Waals surface area contributed by atoms with Gasteiger partial charge >= 0.3 is 0 Å². The largest absolute Gasteiger partial charge is 0.409 e. The number of amidine groups is 1. The van der Waals surface area contributed by atoms with Crippen molar-refractivity contribution in [2.75, 3.05) is 11.9 Å². The second kappa shape index (κ2) is 5.76. The molecule has 0 saturated heterocycles. The van der Waals surface area contributed by atoms with E-state index in [1.807, 2.05) is 30.1 Å². The van der Waals surface area contributed by atoms with Crippen LogP contribution in [0.2, 0.25) is 0 Å². The average molecular weight is 258 g/mol. The van der Waals surface area contributed by atoms with Gasteiger partial charge in [0.1, 0.15) is 5.69 Å². The van der Waals surface area contributed by atoms with Gasteiger partial charge in [-0.3, -0.25) is 4.98 Å². The quantitative estimate of drug-likeness (QED) is 0.360. The summed E-state index contributed by atoms with van der Waals surface area (Å²) in [5.74, 6) is 0.435. The number of nitrogens with zero attached hydrogens (tertiary/aromatic N) is 5. The van der Waals surface area contributed by atoms with E-state index in [1.165, 1.54) is 0 Å². The van der Waals surface area contributed by atoms with Gasteiger partial charge in [0.2, 0.25) is 5.95 Å². The summed E-state index contributed by atoms with van der Waals surface area (Å²) in [5.41, 5.74) is 6.78. The Morgan fingerprint density at radius 3 is 2.84 bits per heavy atom. The minimum atomic E-state index is -0.0464. The number of rotatable bonds is 4. The fraction of sp³-hybridized carbons (Fsp3) is 0.167. The van der Waals surface area contributed by atoms with Crippen molar-refractivity contribution < 1.29 is 5.21 Å². The van der Waals surface area contributed by atoms with Crippen LogP contribution in [0.15, 0.2) is 41.8 Å². The lowest BCUT2D eigenvalue weighted by Crippen LogP contribution is -2.22. The van der Waals surface area contributed by atoms with Crippen molar-refractivity contribution in [3.05, 3.63) is 48.0 Å². The van der Waals surface area contributed by atoms with Crippen LogP contribution in [0.5, 0.6) is 0 Å². The Morgan fingerprint density at radius 2 is 2.16 bits per heavy atom. The molecule has 0 spiro atoms. The van der Waals surface area contributed by atoms with Crippen molar-refractivity contribution in [1.29, 1.82) is 0 Å². The molecule has 2 heterocycles. The molecule has 3 N–H and O–H groups in total. The zero-order valence-corrected chi connectivity index (χ0v) is 10.4. The van der Waals surface area contributed by atoms with Gasteiger partial charge in [-0.15, -0.1) is 0 Å². The number of aromatic nitrogens is 3. The molecule has 2 rings (SSSR count). The summed E-state index contributed by atoms with van der Waals surface area (Å²) in [6, 6.07) is 7.28. The highest BCUT2D eigenvalue weighted by molar-refractivity contribution is 5.95. The maximum atomic E-state index is 8.63. The van der Waals surface area contributed by atoms with Crippen molar-refractivity contribution in [2.24, 2.45) is 10.9 Å². The number of nitrogens with two attached hydrogens (primary N) is 1. The highest BCUT2D eigenvalue weighted by atomic mass is 16.4. The molecule has 2 aromatic rings. The smallest absolute Gasteiger partial charge is 0.226 e. The summed E-state index contributed by atoms with van der Waals surface area (Å²) in [6.45, 7) is 0.570. The Morgan fingerprint density at radius 1 is 1.32 bits per heavy atom. The molecule has 7 heteroatoms. The van der Waals surface area contributed by atoms with Crippen LogP contribution in [0.1, 0.15) is 11.4 Å². The number of hydrogen-bond donors (Lipinski definition) is 2. The van der Waals surface area contributed by atoms with E-state index in [9.17, 15) is 0 Å². The van der Waals surface area contributed by atoms with E-state index < -0.39 is 0 Å². The first-order valence-corrected chi connectivity index (χ1v) is 5.62. The summed E-state index contributed by atoms with van der Waals surface area (Å²) in [5, 5.41) is 11.5. The SMILES string of the molecule is CN(Cc1ccccn1)c1nccc(/C(N)=N/O)n1. The third-order valence-electron chi connectivity index (χ3n) is 2.48. The van der Waals surface area contributed by atoms with Gasteiger partial charge in [-0.1, -0.05) is 11.2 Å². The van der Waals surface area contributed by atoms with Crippen LogP contribution in [-0.4, -0.2) is 33.0 Å². The predicted molar refractivity (Wildman–Crippen MR) is 70.9 cm³/mol. The molecular weight excluding hydrogens is 244 g/mol. The first-order valence-electron chi connectivity index (χ1n) is 5.62. The molecule has 19 heavy (non-hydrogen) atoms. The van der Waals surface area contributed by atoms with Gasteiger partial charge in [0.15, 0.2) is 5.84 Å². The van der Waals surface area contributed by atoms with Gasteiger partial charge < -0.3 is 15.8 Å². The Hall–Kier alpha value is -2.70. The topological polar surface area (TPSA) is 101 Å². The first kappa shape index (κ1) is 12.7. The molecule has 7 nitrogen and oxygen atoms in total. The highest BCUT2D eigenvalue weighted by Crippen LogP contribution is 2.08. The van der Waals surface area contributed by atoms with Gasteiger partial charge in [0.05, 0.1) is 12.2 Å². The number of hydrogen-bond acceptors (Lipinski definition) is 6. The summed E-state index contributed by atoms with van der Waals surface area (Å²) < 4.78 is 0. The summed E-state index contributed by atoms with van der Waals surface area (Å²) in [4.78, 5) is 14.4. The highest BCUT2D eigenvalue weighted by Gasteiger charge is 2.08. The molecule has 0 atom stereocenters. The van der Waals surface area contributed by atoms with E-state index in [1.54, 1.807) is 18.5 Å². The van der Waals surface area contributed by atoms with Crippen molar-refractivity contribution in [1.82, 2.24) is 15.0 Å². The monoisotopic (exact) mass is 258 g/mol. The van der Waals surface area contributed by atoms with Gasteiger partial charge in [0.25, 0.3) is 0 Å². The van der Waals surface area contributed by atoms with Crippen molar-refractivity contribution >= 4 is 11.8 Å². The number of anilines is 1. The molecule has 0 fully saturated rings. The predicted octanol–water partition coefficient (Wildman–Crippen LogP) is 0.603. The van der Waals surface area contributed by atoms with Gasteiger partial charge in [-0.2, -0.15) is 0 Å². The fourth-order valence-electron chi connectivity index (χ4n) is 1.53. The standard InChI is InChI=1S/C12H14N6O/c1-18(8-9-4-2-3-6-14-9)12-15-7-5-10(16-12)11(13)17-19/h2-7,19H,8H2,1H3,(H2,13,17). The summed E-state index contributed by atoms with van der Waals surface area (Å²) in [7, 11) is 1.85. The van der Waals surface area contributed by atoms with Crippen LogP contribution in [0.3, 0.4) is 0 Å². The molecule has 0 aliphatic heterocycles. The zero-order chi connectivity index (χ0) is 13.7. The third-order valence-corrected chi connectivity index (χ3v) is 2.48. The second-order valence-electron chi connectivity index (χ2n) is 3.90. The molecule has 0 unspecified atom stereocenters. The van der Waals surface area contributed by atoms with Crippen LogP contribution >= 0.6 is 0 Å². The molecule has 98 valence electrons. The lowest BCUT2D eigenvalue weighted by atomic mass is 10.3. The minimum absolute atomic E-state index is 0.0464. The Labute approximate surface area is 110 Å². The molecule has 0 aromatic carbocycles. The molecule has 0 radical (unpaired) electrons. The van der Waals surface area contributed by atoms with Gasteiger partial charge in [-0.25, -0.2) is 9.97 Å². The molecule has 0 saturated carbocycles. The zero-order valence-electron chi connectivity index (χ0n) is 10.4. The van der Waals surface area contributed by atoms with Crippen molar-refractivity contribution in [3.63, 3.8) is 0 Å². The maximum absolute atomic E-state index is 8.63. The second-order valence-corrected chi connectivity index (χ2v) is 3.90. The van der Waals surface area contributed by atoms with Crippen molar-refractivity contribution in [3.8, 4) is 0 Å². The number of oxime groups is 1. The minimum Gasteiger partial charge on any atom is -0.409 e. The van der Waals surface area contributed by atoms with Gasteiger partial charge in [0, 0.05) is 19.4 Å². The lowest BCUT2D eigenvalue weighted by molar-refractivity contribution is 0.318. The lowest BCUT2D eigenvalue weighted by Gasteiger charge is -2.16. The van der Waals surface area contributed by atoms with Crippen LogP contribution in [0, 0.1) is 0 Å². The Balaban J connectivity index is 2.17. The van der Waals surface area contributed by atoms with Crippen LogP contribution < -0.4 is 10.6 Å². The van der Waals surface area contributed by atoms with E-state index in [4.69, 9.17) is 10.9 Å². The van der Waals surface area contributed by atoms with Crippen LogP contribution in [0.25, 0.3) is 0 Å². The molecule has 2 aromatic heterocycles. The normalized spacial score (nSPS) is 11.3. The van der Waals surface area contributed by atoms with E-state index in [-0.39, 0.29) is 5.84 Å². The molecular formula is C12H14N6O. The van der Waals surface area contributed by atoms with E-state index >= 15 is 0 Å². The van der Waals surface area contributed by atoms with E-state index in [0.717, 1.165) is 5.69 Å². The number of pyridine rings is 1. The van der Waals surface area contributed by atoms with Crippen molar-refractivity contribution in [2.45, 2.75) is 6.54 Å². The van der Waals surface area contributed by atoms with E-state index in [0.29, 0.717) is 18.2 Å². The van der Waals surface area contributed by atoms with E-state index in [2.05, 4.69) is 20.1 Å². The van der Waals surface area contributed by atoms with Crippen LogP contribution in [0.4, 0.5) is 5.95 Å². The van der Waals surface area contributed by atoms with Gasteiger partial charge in [-0.05, 0) is 18.2 Å². The molecule has 0 aliphatic carbocycles. The Bertz CT molecular complexity index is 571. The molecule has 0 bridgehead atoms. The summed E-state index contributed by atoms with van der Waals surface area (Å²) in [6.07, 6.45) is 3.29. The maximum Gasteiger partial charge on any atom is 0.226 e. The molecule has 0 aliphatic rings. The average Bonchev–Trinajstić information content (AvgIpc) is 2.47.